The van der Waals surface area contributed by atoms with Gasteiger partial charge in [0.25, 0.3) is 10.0 Å². The SMILES string of the molecule is Cc1ccc(-c2nc(CN3c4cccc5cccc(c45)S3(=O)=O)co2)c(C)c1. The summed E-state index contributed by atoms with van der Waals surface area (Å²) in [6.45, 7) is 4.17. The van der Waals surface area contributed by atoms with Crippen LogP contribution < -0.4 is 4.31 Å². The number of hydrogen-bond acceptors (Lipinski definition) is 4. The van der Waals surface area contributed by atoms with Gasteiger partial charge in [-0.3, -0.25) is 4.31 Å². The zero-order chi connectivity index (χ0) is 19.5. The molecule has 0 N–H and O–H groups in total. The largest absolute Gasteiger partial charge is 0.444 e. The Morgan fingerprint density at radius 1 is 1.04 bits per heavy atom. The predicted octanol–water partition coefficient (Wildman–Crippen LogP) is 4.82. The van der Waals surface area contributed by atoms with Crippen molar-refractivity contribution in [1.29, 1.82) is 0 Å². The number of nitrogens with zero attached hydrogens (tertiary/aromatic N) is 2. The van der Waals surface area contributed by atoms with E-state index in [0.717, 1.165) is 21.9 Å². The van der Waals surface area contributed by atoms with Crippen LogP contribution in [0.15, 0.2) is 70.2 Å². The van der Waals surface area contributed by atoms with Gasteiger partial charge in [0.2, 0.25) is 5.89 Å². The van der Waals surface area contributed by atoms with Gasteiger partial charge in [0.15, 0.2) is 0 Å². The summed E-state index contributed by atoms with van der Waals surface area (Å²) in [5, 5.41) is 1.68. The molecule has 0 aliphatic carbocycles. The third-order valence-electron chi connectivity index (χ3n) is 5.15. The average molecular weight is 390 g/mol. The molecular formula is C22H18N2O3S. The molecule has 0 amide bonds. The summed E-state index contributed by atoms with van der Waals surface area (Å²) < 4.78 is 33.3. The molecule has 1 aliphatic heterocycles. The summed E-state index contributed by atoms with van der Waals surface area (Å²) in [5.41, 5.74) is 4.40. The monoisotopic (exact) mass is 390 g/mol. The molecule has 0 saturated heterocycles. The smallest absolute Gasteiger partial charge is 0.265 e. The standard InChI is InChI=1S/C22H18N2O3S/c1-14-9-10-18(15(2)11-14)22-23-17(13-27-22)12-24-19-7-3-5-16-6-4-8-20(21(16)19)28(24,25)26/h3-11,13H,12H2,1-2H3. The maximum Gasteiger partial charge on any atom is 0.265 e. The summed E-state index contributed by atoms with van der Waals surface area (Å²) in [6, 6.07) is 17.0. The summed E-state index contributed by atoms with van der Waals surface area (Å²) in [7, 11) is -3.61. The van der Waals surface area contributed by atoms with Crippen molar-refractivity contribution in [3.63, 3.8) is 0 Å². The molecule has 5 rings (SSSR count). The molecule has 28 heavy (non-hydrogen) atoms. The van der Waals surface area contributed by atoms with Crippen LogP contribution in [-0.2, 0) is 16.6 Å². The number of sulfonamides is 1. The number of benzene rings is 3. The van der Waals surface area contributed by atoms with Gasteiger partial charge in [0.1, 0.15) is 12.0 Å². The Balaban J connectivity index is 1.54. The second-order valence-electron chi connectivity index (χ2n) is 7.11. The van der Waals surface area contributed by atoms with E-state index in [9.17, 15) is 8.42 Å². The van der Waals surface area contributed by atoms with Crippen LogP contribution in [0.2, 0.25) is 0 Å². The molecule has 5 nitrogen and oxygen atoms in total. The van der Waals surface area contributed by atoms with Crippen molar-refractivity contribution in [2.75, 3.05) is 4.31 Å². The molecule has 140 valence electrons. The fourth-order valence-electron chi connectivity index (χ4n) is 3.83. The van der Waals surface area contributed by atoms with Crippen molar-refractivity contribution >= 4 is 26.5 Å². The second-order valence-corrected chi connectivity index (χ2v) is 8.94. The van der Waals surface area contributed by atoms with E-state index in [1.165, 1.54) is 16.1 Å². The zero-order valence-corrected chi connectivity index (χ0v) is 16.3. The highest BCUT2D eigenvalue weighted by Crippen LogP contribution is 2.42. The Labute approximate surface area is 163 Å². The molecule has 0 atom stereocenters. The van der Waals surface area contributed by atoms with Gasteiger partial charge in [-0.25, -0.2) is 13.4 Å². The van der Waals surface area contributed by atoms with Crippen molar-refractivity contribution in [2.24, 2.45) is 0 Å². The van der Waals surface area contributed by atoms with Crippen molar-refractivity contribution in [1.82, 2.24) is 4.98 Å². The van der Waals surface area contributed by atoms with Crippen LogP contribution in [0.1, 0.15) is 16.8 Å². The normalized spacial score (nSPS) is 14.7. The lowest BCUT2D eigenvalue weighted by Gasteiger charge is -2.17. The molecule has 2 heterocycles. The number of anilines is 1. The third-order valence-corrected chi connectivity index (χ3v) is 6.95. The lowest BCUT2D eigenvalue weighted by atomic mass is 10.1. The van der Waals surface area contributed by atoms with Crippen molar-refractivity contribution in [3.8, 4) is 11.5 Å². The van der Waals surface area contributed by atoms with Crippen LogP contribution >= 0.6 is 0 Å². The van der Waals surface area contributed by atoms with Crippen LogP contribution in [0.5, 0.6) is 0 Å². The van der Waals surface area contributed by atoms with Crippen LogP contribution in [-0.4, -0.2) is 13.4 Å². The molecular weight excluding hydrogens is 372 g/mol. The van der Waals surface area contributed by atoms with E-state index in [-0.39, 0.29) is 6.54 Å². The van der Waals surface area contributed by atoms with E-state index in [2.05, 4.69) is 11.1 Å². The van der Waals surface area contributed by atoms with Gasteiger partial charge in [-0.05, 0) is 43.0 Å². The van der Waals surface area contributed by atoms with E-state index < -0.39 is 10.0 Å². The van der Waals surface area contributed by atoms with E-state index in [4.69, 9.17) is 4.42 Å². The second kappa shape index (κ2) is 5.94. The number of aromatic nitrogens is 1. The number of hydrogen-bond donors (Lipinski definition) is 0. The first-order valence-corrected chi connectivity index (χ1v) is 10.5. The van der Waals surface area contributed by atoms with Gasteiger partial charge in [-0.1, -0.05) is 42.0 Å². The molecule has 0 spiro atoms. The molecule has 0 unspecified atom stereocenters. The molecule has 0 fully saturated rings. The maximum absolute atomic E-state index is 13.1. The van der Waals surface area contributed by atoms with Gasteiger partial charge >= 0.3 is 0 Å². The molecule has 1 aromatic heterocycles. The van der Waals surface area contributed by atoms with Crippen molar-refractivity contribution in [2.45, 2.75) is 25.3 Å². The van der Waals surface area contributed by atoms with E-state index in [0.29, 0.717) is 22.2 Å². The highest BCUT2D eigenvalue weighted by Gasteiger charge is 2.36. The first-order chi connectivity index (χ1) is 13.4. The quantitative estimate of drug-likeness (QED) is 0.503. The van der Waals surface area contributed by atoms with Crippen LogP contribution in [0.4, 0.5) is 5.69 Å². The zero-order valence-electron chi connectivity index (χ0n) is 15.5. The highest BCUT2D eigenvalue weighted by molar-refractivity contribution is 7.93. The number of aryl methyl sites for hydroxylation is 2. The number of rotatable bonds is 3. The Morgan fingerprint density at radius 2 is 1.82 bits per heavy atom. The molecule has 0 bridgehead atoms. The van der Waals surface area contributed by atoms with Crippen molar-refractivity contribution < 1.29 is 12.8 Å². The van der Waals surface area contributed by atoms with E-state index >= 15 is 0 Å². The summed E-state index contributed by atoms with van der Waals surface area (Å²) in [5.74, 6) is 0.500. The topological polar surface area (TPSA) is 63.4 Å². The average Bonchev–Trinajstić information content (AvgIpc) is 3.21. The Bertz CT molecular complexity index is 1330. The van der Waals surface area contributed by atoms with Crippen LogP contribution in [0.3, 0.4) is 0 Å². The fraction of sp³-hybridized carbons (Fsp3) is 0.136. The molecule has 0 radical (unpaired) electrons. The van der Waals surface area contributed by atoms with Crippen LogP contribution in [0.25, 0.3) is 22.2 Å². The lowest BCUT2D eigenvalue weighted by Crippen LogP contribution is -2.26. The first kappa shape index (κ1) is 17.0. The minimum absolute atomic E-state index is 0.129. The number of oxazole rings is 1. The van der Waals surface area contributed by atoms with Gasteiger partial charge in [-0.2, -0.15) is 0 Å². The van der Waals surface area contributed by atoms with Gasteiger partial charge in [0.05, 0.1) is 17.1 Å². The Kier molecular flexibility index (Phi) is 3.61. The summed E-state index contributed by atoms with van der Waals surface area (Å²) in [4.78, 5) is 4.90. The molecule has 6 heteroatoms. The molecule has 4 aromatic rings. The van der Waals surface area contributed by atoms with Crippen LogP contribution in [0, 0.1) is 13.8 Å². The van der Waals surface area contributed by atoms with Gasteiger partial charge in [-0.15, -0.1) is 0 Å². The summed E-state index contributed by atoms with van der Waals surface area (Å²) in [6.07, 6.45) is 1.53. The predicted molar refractivity (Wildman–Crippen MR) is 109 cm³/mol. The molecule has 0 saturated carbocycles. The minimum Gasteiger partial charge on any atom is -0.444 e. The van der Waals surface area contributed by atoms with Gasteiger partial charge < -0.3 is 4.42 Å². The maximum atomic E-state index is 13.1. The minimum atomic E-state index is -3.61. The third kappa shape index (κ3) is 2.45. The van der Waals surface area contributed by atoms with E-state index in [1.807, 2.05) is 50.2 Å². The molecule has 3 aromatic carbocycles. The Morgan fingerprint density at radius 3 is 2.61 bits per heavy atom. The molecule has 1 aliphatic rings. The first-order valence-electron chi connectivity index (χ1n) is 9.02. The lowest BCUT2D eigenvalue weighted by molar-refractivity contribution is 0.571. The van der Waals surface area contributed by atoms with Crippen molar-refractivity contribution in [3.05, 3.63) is 77.7 Å². The van der Waals surface area contributed by atoms with Gasteiger partial charge in [0, 0.05) is 10.9 Å². The summed E-state index contributed by atoms with van der Waals surface area (Å²) >= 11 is 0. The highest BCUT2D eigenvalue weighted by atomic mass is 32.2. The Hall–Kier alpha value is -3.12. The fourth-order valence-corrected chi connectivity index (χ4v) is 5.51. The van der Waals surface area contributed by atoms with E-state index in [1.54, 1.807) is 12.1 Å².